The van der Waals surface area contributed by atoms with Crippen LogP contribution in [-0.4, -0.2) is 21.5 Å². The maximum absolute atomic E-state index is 3.99. The standard InChI is InChI=1S/C6H10N4/c1-4-2-3-5-6(7-4)9-10-8-5/h4H,2-3H2,1H3,(H2,7,8,9,10). The van der Waals surface area contributed by atoms with Crippen LogP contribution in [0.3, 0.4) is 0 Å². The second kappa shape index (κ2) is 1.97. The van der Waals surface area contributed by atoms with E-state index in [1.165, 1.54) is 0 Å². The molecule has 2 heterocycles. The molecule has 0 saturated heterocycles. The number of aromatic amines is 1. The van der Waals surface area contributed by atoms with E-state index in [9.17, 15) is 0 Å². The van der Waals surface area contributed by atoms with Gasteiger partial charge in [-0.05, 0) is 19.8 Å². The highest BCUT2D eigenvalue weighted by Gasteiger charge is 2.16. The summed E-state index contributed by atoms with van der Waals surface area (Å²) in [6.07, 6.45) is 2.19. The van der Waals surface area contributed by atoms with Crippen molar-refractivity contribution in [1.29, 1.82) is 0 Å². The van der Waals surface area contributed by atoms with Gasteiger partial charge in [-0.15, -0.1) is 5.10 Å². The molecule has 0 aromatic carbocycles. The van der Waals surface area contributed by atoms with Crippen LogP contribution in [0.5, 0.6) is 0 Å². The first-order chi connectivity index (χ1) is 4.86. The maximum atomic E-state index is 3.99. The highest BCUT2D eigenvalue weighted by molar-refractivity contribution is 5.41. The summed E-state index contributed by atoms with van der Waals surface area (Å²) in [5.41, 5.74) is 1.07. The number of anilines is 1. The first-order valence-corrected chi connectivity index (χ1v) is 3.52. The summed E-state index contributed by atoms with van der Waals surface area (Å²) in [7, 11) is 0. The maximum Gasteiger partial charge on any atom is 0.171 e. The molecule has 10 heavy (non-hydrogen) atoms. The van der Waals surface area contributed by atoms with Crippen molar-refractivity contribution in [2.75, 3.05) is 5.32 Å². The molecule has 2 rings (SSSR count). The summed E-state index contributed by atoms with van der Waals surface area (Å²) in [5.74, 6) is 0.929. The molecular weight excluding hydrogens is 128 g/mol. The van der Waals surface area contributed by atoms with E-state index in [1.54, 1.807) is 0 Å². The first kappa shape index (κ1) is 5.70. The van der Waals surface area contributed by atoms with Crippen LogP contribution in [0.15, 0.2) is 0 Å². The molecule has 0 fully saturated rings. The van der Waals surface area contributed by atoms with Crippen LogP contribution in [0.25, 0.3) is 0 Å². The summed E-state index contributed by atoms with van der Waals surface area (Å²) in [5, 5.41) is 13.8. The average Bonchev–Trinajstić information content (AvgIpc) is 2.33. The fourth-order valence-electron chi connectivity index (χ4n) is 1.20. The van der Waals surface area contributed by atoms with Gasteiger partial charge >= 0.3 is 0 Å². The van der Waals surface area contributed by atoms with Crippen LogP contribution in [0, 0.1) is 0 Å². The molecule has 2 N–H and O–H groups in total. The van der Waals surface area contributed by atoms with Crippen molar-refractivity contribution in [3.63, 3.8) is 0 Å². The number of nitrogens with zero attached hydrogens (tertiary/aromatic N) is 2. The van der Waals surface area contributed by atoms with Gasteiger partial charge in [0.25, 0.3) is 0 Å². The zero-order chi connectivity index (χ0) is 6.97. The molecule has 1 aromatic heterocycles. The number of rotatable bonds is 0. The van der Waals surface area contributed by atoms with Gasteiger partial charge in [0.15, 0.2) is 5.82 Å². The average molecular weight is 138 g/mol. The van der Waals surface area contributed by atoms with Crippen molar-refractivity contribution in [2.45, 2.75) is 25.8 Å². The fraction of sp³-hybridized carbons (Fsp3) is 0.667. The molecule has 0 amide bonds. The molecule has 4 heteroatoms. The van der Waals surface area contributed by atoms with Crippen molar-refractivity contribution in [3.05, 3.63) is 5.69 Å². The summed E-state index contributed by atoms with van der Waals surface area (Å²) >= 11 is 0. The Hall–Kier alpha value is -1.06. The Labute approximate surface area is 59.0 Å². The zero-order valence-electron chi connectivity index (χ0n) is 5.89. The molecule has 0 aliphatic carbocycles. The number of aryl methyl sites for hydroxylation is 1. The first-order valence-electron chi connectivity index (χ1n) is 3.52. The molecule has 54 valence electrons. The SMILES string of the molecule is CC1CCc2n[nH]nc2N1. The second-order valence-electron chi connectivity index (χ2n) is 2.70. The lowest BCUT2D eigenvalue weighted by molar-refractivity contribution is 0.669. The molecule has 0 bridgehead atoms. The van der Waals surface area contributed by atoms with E-state index in [0.717, 1.165) is 24.4 Å². The Bertz CT molecular complexity index is 229. The van der Waals surface area contributed by atoms with Crippen molar-refractivity contribution < 1.29 is 0 Å². The van der Waals surface area contributed by atoms with Crippen LogP contribution in [-0.2, 0) is 6.42 Å². The Balaban J connectivity index is 2.30. The molecule has 0 radical (unpaired) electrons. The minimum atomic E-state index is 0.539. The third kappa shape index (κ3) is 0.761. The third-order valence-electron chi connectivity index (χ3n) is 1.82. The highest BCUT2D eigenvalue weighted by Crippen LogP contribution is 2.18. The van der Waals surface area contributed by atoms with Gasteiger partial charge in [0.05, 0.1) is 0 Å². The summed E-state index contributed by atoms with van der Waals surface area (Å²) < 4.78 is 0. The molecule has 1 aromatic rings. The minimum absolute atomic E-state index is 0.539. The summed E-state index contributed by atoms with van der Waals surface area (Å²) in [6.45, 7) is 2.15. The van der Waals surface area contributed by atoms with Gasteiger partial charge in [-0.25, -0.2) is 0 Å². The number of nitrogens with one attached hydrogen (secondary N) is 2. The lowest BCUT2D eigenvalue weighted by Crippen LogP contribution is -2.21. The summed E-state index contributed by atoms with van der Waals surface area (Å²) in [4.78, 5) is 0. The van der Waals surface area contributed by atoms with E-state index in [1.807, 2.05) is 0 Å². The van der Waals surface area contributed by atoms with Gasteiger partial charge in [-0.2, -0.15) is 10.3 Å². The third-order valence-corrected chi connectivity index (χ3v) is 1.82. The number of hydrogen-bond acceptors (Lipinski definition) is 3. The van der Waals surface area contributed by atoms with E-state index >= 15 is 0 Å². The van der Waals surface area contributed by atoms with Crippen molar-refractivity contribution in [3.8, 4) is 0 Å². The second-order valence-corrected chi connectivity index (χ2v) is 2.70. The minimum Gasteiger partial charge on any atom is -0.365 e. The predicted molar refractivity (Wildman–Crippen MR) is 37.8 cm³/mol. The quantitative estimate of drug-likeness (QED) is 0.550. The molecule has 4 nitrogen and oxygen atoms in total. The number of H-pyrrole nitrogens is 1. The Morgan fingerprint density at radius 3 is 3.30 bits per heavy atom. The lowest BCUT2D eigenvalue weighted by atomic mass is 10.1. The fourth-order valence-corrected chi connectivity index (χ4v) is 1.20. The molecule has 1 aliphatic heterocycles. The van der Waals surface area contributed by atoms with Crippen LogP contribution in [0.4, 0.5) is 5.82 Å². The van der Waals surface area contributed by atoms with E-state index in [2.05, 4.69) is 27.7 Å². The van der Waals surface area contributed by atoms with Gasteiger partial charge in [-0.3, -0.25) is 0 Å². The number of fused-ring (bicyclic) bond motifs is 1. The van der Waals surface area contributed by atoms with E-state index in [4.69, 9.17) is 0 Å². The van der Waals surface area contributed by atoms with Crippen molar-refractivity contribution in [2.24, 2.45) is 0 Å². The molecule has 1 aliphatic rings. The van der Waals surface area contributed by atoms with E-state index < -0.39 is 0 Å². The molecular formula is C6H10N4. The summed E-state index contributed by atoms with van der Waals surface area (Å²) in [6, 6.07) is 0.539. The Morgan fingerprint density at radius 2 is 2.40 bits per heavy atom. The van der Waals surface area contributed by atoms with Crippen LogP contribution >= 0.6 is 0 Å². The molecule has 1 unspecified atom stereocenters. The van der Waals surface area contributed by atoms with E-state index in [-0.39, 0.29) is 0 Å². The zero-order valence-corrected chi connectivity index (χ0v) is 5.89. The normalized spacial score (nSPS) is 23.5. The van der Waals surface area contributed by atoms with Gasteiger partial charge in [-0.1, -0.05) is 0 Å². The largest absolute Gasteiger partial charge is 0.365 e. The molecule has 0 saturated carbocycles. The van der Waals surface area contributed by atoms with Crippen molar-refractivity contribution >= 4 is 5.82 Å². The van der Waals surface area contributed by atoms with Gasteiger partial charge in [0, 0.05) is 6.04 Å². The van der Waals surface area contributed by atoms with Gasteiger partial charge < -0.3 is 5.32 Å². The van der Waals surface area contributed by atoms with Gasteiger partial charge in [0.2, 0.25) is 0 Å². The highest BCUT2D eigenvalue weighted by atomic mass is 15.4. The number of aromatic nitrogens is 3. The monoisotopic (exact) mass is 138 g/mol. The van der Waals surface area contributed by atoms with Gasteiger partial charge in [0.1, 0.15) is 5.69 Å². The Morgan fingerprint density at radius 1 is 1.50 bits per heavy atom. The predicted octanol–water partition coefficient (Wildman–Crippen LogP) is 0.551. The van der Waals surface area contributed by atoms with Crippen molar-refractivity contribution in [1.82, 2.24) is 15.4 Å². The Kier molecular flexibility index (Phi) is 1.12. The van der Waals surface area contributed by atoms with Crippen LogP contribution in [0.1, 0.15) is 19.0 Å². The topological polar surface area (TPSA) is 53.6 Å². The van der Waals surface area contributed by atoms with Crippen LogP contribution < -0.4 is 5.32 Å². The number of hydrogen-bond donors (Lipinski definition) is 2. The smallest absolute Gasteiger partial charge is 0.171 e. The van der Waals surface area contributed by atoms with Crippen LogP contribution in [0.2, 0.25) is 0 Å². The molecule has 0 spiro atoms. The lowest BCUT2D eigenvalue weighted by Gasteiger charge is -2.17. The van der Waals surface area contributed by atoms with E-state index in [0.29, 0.717) is 6.04 Å². The molecule has 1 atom stereocenters.